The third-order valence-electron chi connectivity index (χ3n) is 3.96. The van der Waals surface area contributed by atoms with Crippen molar-refractivity contribution in [2.24, 2.45) is 0 Å². The summed E-state index contributed by atoms with van der Waals surface area (Å²) in [4.78, 5) is 12.4. The third kappa shape index (κ3) is 2.47. The Morgan fingerprint density at radius 2 is 1.77 bits per heavy atom. The molecule has 0 radical (unpaired) electrons. The maximum atomic E-state index is 12.8. The highest BCUT2D eigenvalue weighted by atomic mass is 19.4. The summed E-state index contributed by atoms with van der Waals surface area (Å²) in [6, 6.07) is 10.4. The summed E-state index contributed by atoms with van der Waals surface area (Å²) in [5, 5.41) is 0. The van der Waals surface area contributed by atoms with E-state index in [4.69, 9.17) is 4.74 Å². The quantitative estimate of drug-likeness (QED) is 0.829. The van der Waals surface area contributed by atoms with Crippen LogP contribution in [0.1, 0.15) is 33.0 Å². The molecule has 1 unspecified atom stereocenters. The standard InChI is InChI=1S/C17H13F3O2/c1-22-13-6-3-10(4-7-13)14-8-11-2-5-12(17(18,19)20)9-15(11)16(14)21/h2-7,9,14H,8H2,1H3. The molecule has 0 N–H and O–H groups in total. The van der Waals surface area contributed by atoms with Crippen molar-refractivity contribution < 1.29 is 22.7 Å². The first-order chi connectivity index (χ1) is 10.4. The van der Waals surface area contributed by atoms with Gasteiger partial charge in [0.15, 0.2) is 5.78 Å². The van der Waals surface area contributed by atoms with Crippen LogP contribution >= 0.6 is 0 Å². The van der Waals surface area contributed by atoms with Gasteiger partial charge >= 0.3 is 6.18 Å². The van der Waals surface area contributed by atoms with E-state index in [2.05, 4.69) is 0 Å². The molecule has 2 nitrogen and oxygen atoms in total. The highest BCUT2D eigenvalue weighted by Gasteiger charge is 2.36. The van der Waals surface area contributed by atoms with Crippen molar-refractivity contribution in [3.05, 3.63) is 64.7 Å². The van der Waals surface area contributed by atoms with E-state index in [-0.39, 0.29) is 11.3 Å². The van der Waals surface area contributed by atoms with Crippen molar-refractivity contribution in [2.45, 2.75) is 18.5 Å². The van der Waals surface area contributed by atoms with Crippen LogP contribution < -0.4 is 4.74 Å². The molecule has 0 bridgehead atoms. The van der Waals surface area contributed by atoms with E-state index in [1.807, 2.05) is 0 Å². The second-order valence-electron chi connectivity index (χ2n) is 5.26. The maximum Gasteiger partial charge on any atom is 0.416 e. The molecule has 0 aliphatic heterocycles. The van der Waals surface area contributed by atoms with Crippen LogP contribution in [0, 0.1) is 0 Å². The third-order valence-corrected chi connectivity index (χ3v) is 3.96. The summed E-state index contributed by atoms with van der Waals surface area (Å²) in [5.74, 6) is -0.0123. The minimum atomic E-state index is -4.44. The molecule has 0 heterocycles. The molecule has 0 spiro atoms. The Kier molecular flexibility index (Phi) is 3.43. The molecule has 1 aliphatic rings. The lowest BCUT2D eigenvalue weighted by atomic mass is 9.95. The lowest BCUT2D eigenvalue weighted by Gasteiger charge is -2.09. The molecule has 0 saturated carbocycles. The van der Waals surface area contributed by atoms with Gasteiger partial charge in [0.1, 0.15) is 5.75 Å². The first-order valence-corrected chi connectivity index (χ1v) is 6.78. The molecule has 1 aliphatic carbocycles. The molecule has 2 aromatic carbocycles. The molecule has 0 fully saturated rings. The molecule has 0 aromatic heterocycles. The Balaban J connectivity index is 1.93. The molecular formula is C17H13F3O2. The summed E-state index contributed by atoms with van der Waals surface area (Å²) in [5.41, 5.74) is 0.847. The van der Waals surface area contributed by atoms with Crippen LogP contribution in [0.4, 0.5) is 13.2 Å². The Labute approximate surface area is 125 Å². The zero-order valence-corrected chi connectivity index (χ0v) is 11.8. The van der Waals surface area contributed by atoms with E-state index in [1.54, 1.807) is 31.4 Å². The normalized spacial score (nSPS) is 17.5. The molecule has 1 atom stereocenters. The molecule has 5 heteroatoms. The minimum Gasteiger partial charge on any atom is -0.497 e. The molecule has 22 heavy (non-hydrogen) atoms. The summed E-state index contributed by atoms with van der Waals surface area (Å²) >= 11 is 0. The maximum absolute atomic E-state index is 12.8. The Hall–Kier alpha value is -2.30. The lowest BCUT2D eigenvalue weighted by molar-refractivity contribution is -0.137. The van der Waals surface area contributed by atoms with Gasteiger partial charge in [0.2, 0.25) is 0 Å². The van der Waals surface area contributed by atoms with Crippen molar-refractivity contribution in [1.82, 2.24) is 0 Å². The van der Waals surface area contributed by atoms with Crippen LogP contribution in [-0.4, -0.2) is 12.9 Å². The minimum absolute atomic E-state index is 0.177. The van der Waals surface area contributed by atoms with Gasteiger partial charge in [-0.15, -0.1) is 0 Å². The van der Waals surface area contributed by atoms with Crippen molar-refractivity contribution in [3.63, 3.8) is 0 Å². The largest absolute Gasteiger partial charge is 0.497 e. The van der Waals surface area contributed by atoms with E-state index < -0.39 is 17.7 Å². The van der Waals surface area contributed by atoms with E-state index in [9.17, 15) is 18.0 Å². The highest BCUT2D eigenvalue weighted by Crippen LogP contribution is 2.38. The zero-order valence-electron chi connectivity index (χ0n) is 11.8. The van der Waals surface area contributed by atoms with E-state index in [0.29, 0.717) is 17.7 Å². The van der Waals surface area contributed by atoms with Crippen molar-refractivity contribution in [1.29, 1.82) is 0 Å². The fourth-order valence-electron chi connectivity index (χ4n) is 2.77. The van der Waals surface area contributed by atoms with Gasteiger partial charge in [0.25, 0.3) is 0 Å². The fraction of sp³-hybridized carbons (Fsp3) is 0.235. The van der Waals surface area contributed by atoms with Crippen molar-refractivity contribution >= 4 is 5.78 Å². The number of halogens is 3. The number of carbonyl (C=O) groups excluding carboxylic acids is 1. The first-order valence-electron chi connectivity index (χ1n) is 6.78. The van der Waals surface area contributed by atoms with E-state index in [0.717, 1.165) is 17.7 Å². The van der Waals surface area contributed by atoms with Gasteiger partial charge in [0, 0.05) is 5.56 Å². The number of alkyl halides is 3. The Morgan fingerprint density at radius 1 is 1.09 bits per heavy atom. The second-order valence-corrected chi connectivity index (χ2v) is 5.26. The number of ether oxygens (including phenoxy) is 1. The number of fused-ring (bicyclic) bond motifs is 1. The molecule has 114 valence electrons. The smallest absolute Gasteiger partial charge is 0.416 e. The van der Waals surface area contributed by atoms with Crippen LogP contribution in [0.5, 0.6) is 5.75 Å². The van der Waals surface area contributed by atoms with Crippen LogP contribution in [0.25, 0.3) is 0 Å². The monoisotopic (exact) mass is 306 g/mol. The number of methoxy groups -OCH3 is 1. The summed E-state index contributed by atoms with van der Waals surface area (Å²) in [6.07, 6.45) is -4.01. The van der Waals surface area contributed by atoms with Crippen LogP contribution in [0.2, 0.25) is 0 Å². The molecule has 2 aromatic rings. The van der Waals surface area contributed by atoms with Crippen LogP contribution in [0.3, 0.4) is 0 Å². The van der Waals surface area contributed by atoms with Gasteiger partial charge in [0.05, 0.1) is 18.6 Å². The van der Waals surface area contributed by atoms with Crippen LogP contribution in [0.15, 0.2) is 42.5 Å². The van der Waals surface area contributed by atoms with Crippen molar-refractivity contribution in [3.8, 4) is 5.75 Å². The molecule has 0 saturated heterocycles. The number of benzene rings is 2. The van der Waals surface area contributed by atoms with Gasteiger partial charge < -0.3 is 4.74 Å². The predicted molar refractivity (Wildman–Crippen MR) is 75.2 cm³/mol. The first kappa shape index (κ1) is 14.6. The van der Waals surface area contributed by atoms with Gasteiger partial charge in [-0.1, -0.05) is 18.2 Å². The zero-order chi connectivity index (χ0) is 15.9. The second kappa shape index (κ2) is 5.16. The average Bonchev–Trinajstić information content (AvgIpc) is 2.83. The summed E-state index contributed by atoms with van der Waals surface area (Å²) < 4.78 is 43.3. The van der Waals surface area contributed by atoms with Gasteiger partial charge in [-0.3, -0.25) is 4.79 Å². The predicted octanol–water partition coefficient (Wildman–Crippen LogP) is 4.24. The highest BCUT2D eigenvalue weighted by molar-refractivity contribution is 6.05. The summed E-state index contributed by atoms with van der Waals surface area (Å²) in [7, 11) is 1.55. The van der Waals surface area contributed by atoms with Gasteiger partial charge in [-0.2, -0.15) is 13.2 Å². The Bertz CT molecular complexity index is 718. The Morgan fingerprint density at radius 3 is 2.36 bits per heavy atom. The van der Waals surface area contributed by atoms with Gasteiger partial charge in [-0.25, -0.2) is 0 Å². The summed E-state index contributed by atoms with van der Waals surface area (Å²) in [6.45, 7) is 0. The lowest BCUT2D eigenvalue weighted by Crippen LogP contribution is -2.09. The van der Waals surface area contributed by atoms with E-state index in [1.165, 1.54) is 6.07 Å². The van der Waals surface area contributed by atoms with Crippen molar-refractivity contribution in [2.75, 3.05) is 7.11 Å². The number of hydrogen-bond donors (Lipinski definition) is 0. The molecule has 0 amide bonds. The molecule has 3 rings (SSSR count). The number of hydrogen-bond acceptors (Lipinski definition) is 2. The van der Waals surface area contributed by atoms with E-state index >= 15 is 0 Å². The topological polar surface area (TPSA) is 26.3 Å². The number of ketones is 1. The number of carbonyl (C=O) groups is 1. The number of rotatable bonds is 2. The average molecular weight is 306 g/mol. The van der Waals surface area contributed by atoms with Crippen LogP contribution in [-0.2, 0) is 12.6 Å². The SMILES string of the molecule is COc1ccc(C2Cc3ccc(C(F)(F)F)cc3C2=O)cc1. The molecular weight excluding hydrogens is 293 g/mol. The van der Waals surface area contributed by atoms with Gasteiger partial charge in [-0.05, 0) is 41.8 Å². The number of Topliss-reactive ketones (excluding diaryl/α,β-unsaturated/α-hetero) is 1. The fourth-order valence-corrected chi connectivity index (χ4v) is 2.77.